The second-order valence-electron chi connectivity index (χ2n) is 8.94. The smallest absolute Gasteiger partial charge is 0.312 e. The van der Waals surface area contributed by atoms with Gasteiger partial charge >= 0.3 is 5.97 Å². The number of esters is 1. The van der Waals surface area contributed by atoms with Gasteiger partial charge in [0.05, 0.1) is 12.0 Å². The molecule has 1 N–H and O–H groups in total. The van der Waals surface area contributed by atoms with Crippen molar-refractivity contribution in [3.05, 3.63) is 0 Å². The Labute approximate surface area is 161 Å². The van der Waals surface area contributed by atoms with E-state index in [2.05, 4.69) is 0 Å². The molecule has 2 aliphatic rings. The summed E-state index contributed by atoms with van der Waals surface area (Å²) in [6, 6.07) is 0. The first-order valence-electron chi connectivity index (χ1n) is 11.3. The molecular formula is C23H41NO2. The zero-order valence-corrected chi connectivity index (χ0v) is 17.3. The van der Waals surface area contributed by atoms with Crippen LogP contribution in [0.4, 0.5) is 0 Å². The molecule has 3 nitrogen and oxygen atoms in total. The highest BCUT2D eigenvalue weighted by Gasteiger charge is 2.50. The molecule has 0 heterocycles. The Bertz CT molecular complexity index is 449. The van der Waals surface area contributed by atoms with Gasteiger partial charge in [0.25, 0.3) is 0 Å². The number of carbonyl (C=O) groups excluding carboxylic acids is 1. The third-order valence-corrected chi connectivity index (χ3v) is 6.77. The second kappa shape index (κ2) is 10.5. The molecule has 150 valence electrons. The van der Waals surface area contributed by atoms with E-state index >= 15 is 0 Å². The molecule has 0 aromatic rings. The third kappa shape index (κ3) is 6.70. The fourth-order valence-corrected chi connectivity index (χ4v) is 4.30. The fourth-order valence-electron chi connectivity index (χ4n) is 4.30. The number of unbranched alkanes of at least 4 members (excludes halogenated alkanes) is 9. The molecule has 0 aromatic heterocycles. The molecule has 0 saturated heterocycles. The maximum Gasteiger partial charge on any atom is 0.312 e. The van der Waals surface area contributed by atoms with Crippen LogP contribution in [-0.4, -0.2) is 18.3 Å². The van der Waals surface area contributed by atoms with Crippen LogP contribution in [0.1, 0.15) is 117 Å². The van der Waals surface area contributed by atoms with Gasteiger partial charge in [-0.1, -0.05) is 64.2 Å². The Morgan fingerprint density at radius 1 is 0.769 bits per heavy atom. The van der Waals surface area contributed by atoms with Crippen molar-refractivity contribution in [1.82, 2.24) is 0 Å². The third-order valence-electron chi connectivity index (χ3n) is 6.77. The molecule has 0 unspecified atom stereocenters. The summed E-state index contributed by atoms with van der Waals surface area (Å²) in [5.41, 5.74) is 1.19. The Balaban J connectivity index is 1.33. The van der Waals surface area contributed by atoms with Gasteiger partial charge in [-0.2, -0.15) is 0 Å². The Hall–Kier alpha value is -0.860. The molecule has 0 bridgehead atoms. The molecule has 3 heteroatoms. The van der Waals surface area contributed by atoms with E-state index in [1.54, 1.807) is 0 Å². The molecule has 2 aliphatic carbocycles. The van der Waals surface area contributed by atoms with E-state index in [0.29, 0.717) is 12.0 Å². The van der Waals surface area contributed by atoms with Gasteiger partial charge in [0.1, 0.15) is 0 Å². The van der Waals surface area contributed by atoms with Crippen molar-refractivity contribution in [3.63, 3.8) is 0 Å². The van der Waals surface area contributed by atoms with Crippen LogP contribution in [0.5, 0.6) is 0 Å². The van der Waals surface area contributed by atoms with Crippen LogP contribution in [-0.2, 0) is 9.53 Å². The van der Waals surface area contributed by atoms with Gasteiger partial charge < -0.3 is 10.1 Å². The highest BCUT2D eigenvalue weighted by atomic mass is 16.5. The molecule has 2 fully saturated rings. The predicted molar refractivity (Wildman–Crippen MR) is 109 cm³/mol. The lowest BCUT2D eigenvalue weighted by Crippen LogP contribution is -2.18. The van der Waals surface area contributed by atoms with Crippen molar-refractivity contribution in [3.8, 4) is 0 Å². The Morgan fingerprint density at radius 2 is 1.15 bits per heavy atom. The van der Waals surface area contributed by atoms with Gasteiger partial charge in [-0.25, -0.2) is 0 Å². The predicted octanol–water partition coefficient (Wildman–Crippen LogP) is 6.83. The van der Waals surface area contributed by atoms with Crippen molar-refractivity contribution in [2.45, 2.75) is 117 Å². The largest absolute Gasteiger partial charge is 0.466 e. The first-order chi connectivity index (χ1) is 12.5. The van der Waals surface area contributed by atoms with E-state index in [-0.39, 0.29) is 11.4 Å². The van der Waals surface area contributed by atoms with Crippen LogP contribution >= 0.6 is 0 Å². The number of hydrogen-bond donors (Lipinski definition) is 1. The minimum absolute atomic E-state index is 0.0587. The van der Waals surface area contributed by atoms with E-state index in [4.69, 9.17) is 10.1 Å². The van der Waals surface area contributed by atoms with Crippen molar-refractivity contribution in [2.75, 3.05) is 6.61 Å². The van der Waals surface area contributed by atoms with Crippen LogP contribution in [0.2, 0.25) is 0 Å². The number of ether oxygens (including phenoxy) is 1. The summed E-state index contributed by atoms with van der Waals surface area (Å²) in [5, 5.41) is 7.85. The minimum atomic E-state index is -0.0781. The molecule has 0 aromatic carbocycles. The van der Waals surface area contributed by atoms with E-state index in [1.165, 1.54) is 83.5 Å². The SMILES string of the molecule is CCOC(=O)C1(CCCCCCCCCCCCC2(C(C)=N)CC2)CC1. The van der Waals surface area contributed by atoms with Gasteiger partial charge in [0.2, 0.25) is 0 Å². The summed E-state index contributed by atoms with van der Waals surface area (Å²) < 4.78 is 5.20. The quantitative estimate of drug-likeness (QED) is 0.185. The number of carbonyl (C=O) groups is 1. The number of nitrogens with one attached hydrogen (secondary N) is 1. The van der Waals surface area contributed by atoms with Crippen LogP contribution in [0.15, 0.2) is 0 Å². The lowest BCUT2D eigenvalue weighted by molar-refractivity contribution is -0.150. The summed E-state index contributed by atoms with van der Waals surface area (Å²) in [4.78, 5) is 11.9. The van der Waals surface area contributed by atoms with E-state index in [9.17, 15) is 4.79 Å². The highest BCUT2D eigenvalue weighted by Crippen LogP contribution is 2.51. The maximum atomic E-state index is 11.9. The van der Waals surface area contributed by atoms with Crippen molar-refractivity contribution in [2.24, 2.45) is 10.8 Å². The molecule has 0 atom stereocenters. The molecule has 0 spiro atoms. The Kier molecular flexibility index (Phi) is 8.63. The van der Waals surface area contributed by atoms with Crippen LogP contribution in [0, 0.1) is 16.2 Å². The molecule has 26 heavy (non-hydrogen) atoms. The van der Waals surface area contributed by atoms with Gasteiger partial charge in [-0.05, 0) is 52.4 Å². The van der Waals surface area contributed by atoms with E-state index < -0.39 is 0 Å². The summed E-state index contributed by atoms with van der Waals surface area (Å²) in [6.07, 6.45) is 20.2. The zero-order chi connectivity index (χ0) is 18.9. The van der Waals surface area contributed by atoms with Crippen molar-refractivity contribution < 1.29 is 9.53 Å². The fraction of sp³-hybridized carbons (Fsp3) is 0.913. The summed E-state index contributed by atoms with van der Waals surface area (Å²) in [6.45, 7) is 4.41. The summed E-state index contributed by atoms with van der Waals surface area (Å²) in [7, 11) is 0. The van der Waals surface area contributed by atoms with E-state index in [1.807, 2.05) is 13.8 Å². The molecule has 0 amide bonds. The minimum Gasteiger partial charge on any atom is -0.466 e. The molecule has 0 radical (unpaired) electrons. The molecule has 2 saturated carbocycles. The average molecular weight is 364 g/mol. The maximum absolute atomic E-state index is 11.9. The standard InChI is InChI=1S/C23H41NO2/c1-3-26-21(25)23(18-19-23)15-13-11-9-7-5-4-6-8-10-12-14-22(16-17-22)20(2)24/h24H,3-19H2,1-2H3. The van der Waals surface area contributed by atoms with Gasteiger partial charge in [0.15, 0.2) is 0 Å². The average Bonchev–Trinajstić information content (AvgIpc) is 3.52. The first kappa shape index (κ1) is 21.4. The lowest BCUT2D eigenvalue weighted by atomic mass is 9.93. The van der Waals surface area contributed by atoms with Crippen molar-refractivity contribution in [1.29, 1.82) is 5.41 Å². The second-order valence-corrected chi connectivity index (χ2v) is 8.94. The highest BCUT2D eigenvalue weighted by molar-refractivity contribution is 5.87. The van der Waals surface area contributed by atoms with Crippen LogP contribution in [0.25, 0.3) is 0 Å². The van der Waals surface area contributed by atoms with Crippen LogP contribution in [0.3, 0.4) is 0 Å². The Morgan fingerprint density at radius 3 is 1.50 bits per heavy atom. The lowest BCUT2D eigenvalue weighted by Gasteiger charge is -2.13. The van der Waals surface area contributed by atoms with Crippen molar-refractivity contribution >= 4 is 11.7 Å². The van der Waals surface area contributed by atoms with Gasteiger partial charge in [-0.15, -0.1) is 0 Å². The van der Waals surface area contributed by atoms with E-state index in [0.717, 1.165) is 25.0 Å². The normalized spacial score (nSPS) is 19.2. The van der Waals surface area contributed by atoms with Crippen LogP contribution < -0.4 is 0 Å². The van der Waals surface area contributed by atoms with Gasteiger partial charge in [0, 0.05) is 11.1 Å². The number of hydrogen-bond acceptors (Lipinski definition) is 3. The summed E-state index contributed by atoms with van der Waals surface area (Å²) in [5.74, 6) is 0.0587. The monoisotopic (exact) mass is 363 g/mol. The zero-order valence-electron chi connectivity index (χ0n) is 17.3. The molecule has 2 rings (SSSR count). The van der Waals surface area contributed by atoms with Gasteiger partial charge in [-0.3, -0.25) is 4.79 Å². The topological polar surface area (TPSA) is 50.2 Å². The first-order valence-corrected chi connectivity index (χ1v) is 11.3. The number of rotatable bonds is 16. The summed E-state index contributed by atoms with van der Waals surface area (Å²) >= 11 is 0. The molecule has 0 aliphatic heterocycles. The molecular weight excluding hydrogens is 322 g/mol.